The smallest absolute Gasteiger partial charge is 0.344 e. The second-order valence-electron chi connectivity index (χ2n) is 8.43. The molecule has 0 saturated carbocycles. The summed E-state index contributed by atoms with van der Waals surface area (Å²) in [6.45, 7) is 12.9. The van der Waals surface area contributed by atoms with Crippen molar-refractivity contribution < 1.29 is 19.4 Å². The van der Waals surface area contributed by atoms with Gasteiger partial charge < -0.3 is 9.84 Å². The molecule has 4 nitrogen and oxygen atoms in total. The molecule has 0 bridgehead atoms. The fraction of sp³-hybridized carbons (Fsp3) is 0.417. The molecule has 0 radical (unpaired) electrons. The molecule has 0 aliphatic carbocycles. The van der Waals surface area contributed by atoms with Crippen molar-refractivity contribution >= 4 is 11.9 Å². The van der Waals surface area contributed by atoms with Crippen molar-refractivity contribution in [2.45, 2.75) is 65.2 Å². The van der Waals surface area contributed by atoms with Gasteiger partial charge in [0.05, 0.1) is 11.1 Å². The lowest BCUT2D eigenvalue weighted by molar-refractivity contribution is 0.0666. The number of esters is 1. The van der Waals surface area contributed by atoms with Crippen LogP contribution in [0.15, 0.2) is 42.5 Å². The number of benzene rings is 2. The number of carboxylic acids is 1. The van der Waals surface area contributed by atoms with Gasteiger partial charge in [0.25, 0.3) is 0 Å². The van der Waals surface area contributed by atoms with Crippen molar-refractivity contribution in [2.75, 3.05) is 0 Å². The van der Waals surface area contributed by atoms with E-state index >= 15 is 0 Å². The van der Waals surface area contributed by atoms with Crippen LogP contribution in [0.5, 0.6) is 5.75 Å². The monoisotopic (exact) mass is 382 g/mol. The number of carbonyl (C=O) groups excluding carboxylic acids is 1. The Hall–Kier alpha value is -2.62. The van der Waals surface area contributed by atoms with Gasteiger partial charge in [0.15, 0.2) is 0 Å². The van der Waals surface area contributed by atoms with Crippen LogP contribution in [0.3, 0.4) is 0 Å². The van der Waals surface area contributed by atoms with Gasteiger partial charge in [-0.25, -0.2) is 9.59 Å². The van der Waals surface area contributed by atoms with Crippen LogP contribution in [-0.4, -0.2) is 17.0 Å². The summed E-state index contributed by atoms with van der Waals surface area (Å²) >= 11 is 0. The summed E-state index contributed by atoms with van der Waals surface area (Å²) in [6, 6.07) is 12.1. The van der Waals surface area contributed by atoms with E-state index in [9.17, 15) is 14.7 Å². The van der Waals surface area contributed by atoms with E-state index in [0.717, 1.165) is 18.4 Å². The molecule has 2 rings (SSSR count). The molecular weight excluding hydrogens is 352 g/mol. The summed E-state index contributed by atoms with van der Waals surface area (Å²) in [5, 5.41) is 9.35. The van der Waals surface area contributed by atoms with Crippen molar-refractivity contribution in [1.29, 1.82) is 0 Å². The maximum absolute atomic E-state index is 12.8. The zero-order chi connectivity index (χ0) is 21.1. The predicted molar refractivity (Wildman–Crippen MR) is 111 cm³/mol. The van der Waals surface area contributed by atoms with E-state index in [1.807, 2.05) is 12.1 Å². The topological polar surface area (TPSA) is 63.6 Å². The van der Waals surface area contributed by atoms with Gasteiger partial charge in [0.2, 0.25) is 0 Å². The molecular formula is C24H30O4. The SMILES string of the molecule is CCC(C)(C)c1ccc(OC(=O)c2ccccc2C(=O)O)c(C(C)(C)CC)c1. The average molecular weight is 383 g/mol. The summed E-state index contributed by atoms with van der Waals surface area (Å²) in [7, 11) is 0. The third-order valence-electron chi connectivity index (χ3n) is 5.84. The van der Waals surface area contributed by atoms with Gasteiger partial charge in [-0.1, -0.05) is 65.8 Å². The molecule has 0 aliphatic rings. The highest BCUT2D eigenvalue weighted by atomic mass is 16.5. The lowest BCUT2D eigenvalue weighted by atomic mass is 9.76. The predicted octanol–water partition coefficient (Wildman–Crippen LogP) is 5.98. The number of carboxylic acid groups (broad SMARTS) is 1. The van der Waals surface area contributed by atoms with Gasteiger partial charge in [0, 0.05) is 5.56 Å². The summed E-state index contributed by atoms with van der Waals surface area (Å²) in [6.07, 6.45) is 1.86. The number of ether oxygens (including phenoxy) is 1. The molecule has 0 atom stereocenters. The van der Waals surface area contributed by atoms with E-state index in [4.69, 9.17) is 4.74 Å². The van der Waals surface area contributed by atoms with Crippen molar-refractivity contribution in [3.8, 4) is 5.75 Å². The Balaban J connectivity index is 2.51. The Labute approximate surface area is 167 Å². The molecule has 0 heterocycles. The number of carbonyl (C=O) groups is 2. The van der Waals surface area contributed by atoms with E-state index < -0.39 is 11.9 Å². The fourth-order valence-electron chi connectivity index (χ4n) is 2.97. The first kappa shape index (κ1) is 21.7. The molecule has 1 N–H and O–H groups in total. The van der Waals surface area contributed by atoms with Crippen LogP contribution in [0.2, 0.25) is 0 Å². The number of aromatic carboxylic acids is 1. The average Bonchev–Trinajstić information content (AvgIpc) is 2.67. The number of hydrogen-bond acceptors (Lipinski definition) is 3. The highest BCUT2D eigenvalue weighted by molar-refractivity contribution is 6.03. The Morgan fingerprint density at radius 1 is 0.893 bits per heavy atom. The Morgan fingerprint density at radius 3 is 2.00 bits per heavy atom. The Kier molecular flexibility index (Phi) is 6.33. The van der Waals surface area contributed by atoms with Crippen LogP contribution in [0, 0.1) is 0 Å². The highest BCUT2D eigenvalue weighted by Crippen LogP contribution is 2.38. The molecule has 0 aliphatic heterocycles. The second-order valence-corrected chi connectivity index (χ2v) is 8.43. The number of hydrogen-bond donors (Lipinski definition) is 1. The van der Waals surface area contributed by atoms with Crippen LogP contribution in [0.25, 0.3) is 0 Å². The van der Waals surface area contributed by atoms with Crippen molar-refractivity contribution in [1.82, 2.24) is 0 Å². The summed E-state index contributed by atoms with van der Waals surface area (Å²) < 4.78 is 5.71. The molecule has 0 fully saturated rings. The molecule has 0 saturated heterocycles. The number of rotatable bonds is 7. The molecule has 0 amide bonds. The van der Waals surface area contributed by atoms with Gasteiger partial charge in [-0.2, -0.15) is 0 Å². The minimum absolute atomic E-state index is 0.0109. The van der Waals surface area contributed by atoms with E-state index in [2.05, 4.69) is 47.6 Å². The normalized spacial score (nSPS) is 11.9. The molecule has 4 heteroatoms. The first-order valence-corrected chi connectivity index (χ1v) is 9.73. The third-order valence-corrected chi connectivity index (χ3v) is 5.84. The first-order valence-electron chi connectivity index (χ1n) is 9.73. The van der Waals surface area contributed by atoms with Crippen LogP contribution in [-0.2, 0) is 10.8 Å². The minimum atomic E-state index is -1.15. The van der Waals surface area contributed by atoms with Gasteiger partial charge >= 0.3 is 11.9 Å². The lowest BCUT2D eigenvalue weighted by Gasteiger charge is -2.30. The van der Waals surface area contributed by atoms with Crippen molar-refractivity contribution in [3.63, 3.8) is 0 Å². The zero-order valence-corrected chi connectivity index (χ0v) is 17.6. The maximum atomic E-state index is 12.8. The van der Waals surface area contributed by atoms with Gasteiger partial charge in [-0.15, -0.1) is 0 Å². The lowest BCUT2D eigenvalue weighted by Crippen LogP contribution is -2.22. The van der Waals surface area contributed by atoms with Crippen molar-refractivity contribution in [3.05, 3.63) is 64.7 Å². The largest absolute Gasteiger partial charge is 0.478 e. The second kappa shape index (κ2) is 8.17. The minimum Gasteiger partial charge on any atom is -0.478 e. The fourth-order valence-corrected chi connectivity index (χ4v) is 2.97. The zero-order valence-electron chi connectivity index (χ0n) is 17.6. The highest BCUT2D eigenvalue weighted by Gasteiger charge is 2.28. The van der Waals surface area contributed by atoms with E-state index in [-0.39, 0.29) is 22.0 Å². The van der Waals surface area contributed by atoms with Crippen LogP contribution in [0.1, 0.15) is 86.2 Å². The summed E-state index contributed by atoms with van der Waals surface area (Å²) in [5.41, 5.74) is 1.95. The van der Waals surface area contributed by atoms with E-state index in [0.29, 0.717) is 5.75 Å². The van der Waals surface area contributed by atoms with Crippen LogP contribution >= 0.6 is 0 Å². The first-order chi connectivity index (χ1) is 13.0. The van der Waals surface area contributed by atoms with Crippen LogP contribution < -0.4 is 4.74 Å². The molecule has 0 unspecified atom stereocenters. The quantitative estimate of drug-likeness (QED) is 0.473. The Morgan fingerprint density at radius 2 is 1.46 bits per heavy atom. The molecule has 0 aromatic heterocycles. The third kappa shape index (κ3) is 4.44. The Bertz CT molecular complexity index is 878. The standard InChI is InChI=1S/C24H30O4/c1-7-23(3,4)16-13-14-20(19(15-16)24(5,6)8-2)28-22(27)18-12-10-9-11-17(18)21(25)26/h9-15H,7-8H2,1-6H3,(H,25,26). The van der Waals surface area contributed by atoms with Gasteiger partial charge in [-0.05, 0) is 47.4 Å². The van der Waals surface area contributed by atoms with Crippen molar-refractivity contribution in [2.24, 2.45) is 0 Å². The molecule has 0 spiro atoms. The van der Waals surface area contributed by atoms with Gasteiger partial charge in [0.1, 0.15) is 5.75 Å². The summed E-state index contributed by atoms with van der Waals surface area (Å²) in [5.74, 6) is -1.33. The maximum Gasteiger partial charge on any atom is 0.344 e. The molecule has 2 aromatic rings. The summed E-state index contributed by atoms with van der Waals surface area (Å²) in [4.78, 5) is 24.2. The van der Waals surface area contributed by atoms with E-state index in [1.165, 1.54) is 17.7 Å². The van der Waals surface area contributed by atoms with Crippen LogP contribution in [0.4, 0.5) is 0 Å². The molecule has 28 heavy (non-hydrogen) atoms. The van der Waals surface area contributed by atoms with Gasteiger partial charge in [-0.3, -0.25) is 0 Å². The van der Waals surface area contributed by atoms with E-state index in [1.54, 1.807) is 12.1 Å². The molecule has 2 aromatic carbocycles. The molecule has 150 valence electrons.